The van der Waals surface area contributed by atoms with Crippen molar-refractivity contribution in [3.05, 3.63) is 28.0 Å². The van der Waals surface area contributed by atoms with E-state index < -0.39 is 27.3 Å². The van der Waals surface area contributed by atoms with E-state index in [1.165, 1.54) is 12.1 Å². The van der Waals surface area contributed by atoms with Gasteiger partial charge >= 0.3 is 0 Å². The summed E-state index contributed by atoms with van der Waals surface area (Å²) in [6.45, 7) is 3.15. The molecule has 0 fully saturated rings. The molecule has 108 valence electrons. The second kappa shape index (κ2) is 6.78. The monoisotopic (exact) mass is 353 g/mol. The Morgan fingerprint density at radius 2 is 1.95 bits per heavy atom. The van der Waals surface area contributed by atoms with Crippen molar-refractivity contribution >= 4 is 26.0 Å². The van der Waals surface area contributed by atoms with Gasteiger partial charge in [-0.1, -0.05) is 29.8 Å². The minimum atomic E-state index is -3.94. The zero-order valence-electron chi connectivity index (χ0n) is 10.8. The molecule has 0 aliphatic rings. The summed E-state index contributed by atoms with van der Waals surface area (Å²) in [5.41, 5.74) is -0.0562. The van der Waals surface area contributed by atoms with Gasteiger partial charge < -0.3 is 5.11 Å². The van der Waals surface area contributed by atoms with Crippen LogP contribution in [0.4, 0.5) is 4.39 Å². The first-order chi connectivity index (χ1) is 8.85. The van der Waals surface area contributed by atoms with Crippen molar-refractivity contribution in [3.63, 3.8) is 0 Å². The highest BCUT2D eigenvalue weighted by molar-refractivity contribution is 9.10. The Balaban J connectivity index is 3.25. The number of halogens is 2. The summed E-state index contributed by atoms with van der Waals surface area (Å²) < 4.78 is 41.2. The first kappa shape index (κ1) is 16.6. The first-order valence-corrected chi connectivity index (χ1v) is 8.24. The zero-order valence-corrected chi connectivity index (χ0v) is 13.2. The van der Waals surface area contributed by atoms with Crippen LogP contribution in [-0.4, -0.2) is 19.6 Å². The Kier molecular flexibility index (Phi) is 5.91. The van der Waals surface area contributed by atoms with Crippen LogP contribution in [0.25, 0.3) is 0 Å². The van der Waals surface area contributed by atoms with Crippen LogP contribution < -0.4 is 4.72 Å². The van der Waals surface area contributed by atoms with E-state index in [1.54, 1.807) is 0 Å². The fraction of sp³-hybridized carbons (Fsp3) is 0.500. The Hall–Kier alpha value is -0.500. The number of aliphatic hydroxyl groups excluding tert-OH is 1. The molecule has 0 aliphatic carbocycles. The van der Waals surface area contributed by atoms with Crippen LogP contribution in [0.15, 0.2) is 21.5 Å². The number of sulfonamides is 1. The predicted octanol–water partition coefficient (Wildman–Crippen LogP) is 2.55. The van der Waals surface area contributed by atoms with E-state index >= 15 is 0 Å². The van der Waals surface area contributed by atoms with Crippen molar-refractivity contribution in [2.45, 2.75) is 44.2 Å². The van der Waals surface area contributed by atoms with E-state index in [0.29, 0.717) is 17.3 Å². The number of hydrogen-bond acceptors (Lipinski definition) is 3. The average Bonchev–Trinajstić information content (AvgIpc) is 2.38. The van der Waals surface area contributed by atoms with Gasteiger partial charge in [0, 0.05) is 16.1 Å². The molecule has 0 amide bonds. The molecule has 0 spiro atoms. The lowest BCUT2D eigenvalue weighted by molar-refractivity contribution is 0.274. The van der Waals surface area contributed by atoms with E-state index in [2.05, 4.69) is 20.7 Å². The van der Waals surface area contributed by atoms with Gasteiger partial charge in [-0.2, -0.15) is 0 Å². The molecule has 1 rings (SSSR count). The van der Waals surface area contributed by atoms with Gasteiger partial charge in [-0.25, -0.2) is 17.5 Å². The first-order valence-electron chi connectivity index (χ1n) is 5.96. The molecule has 2 N–H and O–H groups in total. The van der Waals surface area contributed by atoms with Gasteiger partial charge in [-0.05, 0) is 25.0 Å². The van der Waals surface area contributed by atoms with E-state index in [-0.39, 0.29) is 11.6 Å². The summed E-state index contributed by atoms with van der Waals surface area (Å²) in [4.78, 5) is -0.446. The summed E-state index contributed by atoms with van der Waals surface area (Å²) in [5.74, 6) is -0.913. The maximum absolute atomic E-state index is 14.0. The maximum atomic E-state index is 14.0. The largest absolute Gasteiger partial charge is 0.392 e. The smallest absolute Gasteiger partial charge is 0.243 e. The molecule has 1 aromatic carbocycles. The lowest BCUT2D eigenvalue weighted by Crippen LogP contribution is -2.34. The lowest BCUT2D eigenvalue weighted by atomic mass is 10.2. The summed E-state index contributed by atoms with van der Waals surface area (Å²) in [6, 6.07) is 2.31. The van der Waals surface area contributed by atoms with Crippen molar-refractivity contribution in [2.24, 2.45) is 0 Å². The zero-order chi connectivity index (χ0) is 14.6. The predicted molar refractivity (Wildman–Crippen MR) is 74.7 cm³/mol. The molecule has 0 unspecified atom stereocenters. The van der Waals surface area contributed by atoms with Crippen molar-refractivity contribution in [2.75, 3.05) is 0 Å². The van der Waals surface area contributed by atoms with Crippen LogP contribution in [-0.2, 0) is 16.6 Å². The standard InChI is InChI=1S/C12H17BrFNO3S/c1-3-10(4-2)15-19(17,18)11-6-9(13)5-8(7-16)12(11)14/h5-6,10,15-16H,3-4,7H2,1-2H3. The minimum absolute atomic E-state index is 0.0562. The molecular formula is C12H17BrFNO3S. The summed E-state index contributed by atoms with van der Waals surface area (Å²) >= 11 is 3.11. The quantitative estimate of drug-likeness (QED) is 0.825. The number of benzene rings is 1. The Labute approximate surface area is 121 Å². The van der Waals surface area contributed by atoms with Gasteiger partial charge in [0.2, 0.25) is 10.0 Å². The molecule has 1 aromatic rings. The Morgan fingerprint density at radius 3 is 2.42 bits per heavy atom. The molecule has 0 aliphatic heterocycles. The van der Waals surface area contributed by atoms with Gasteiger partial charge in [0.1, 0.15) is 10.7 Å². The number of aliphatic hydroxyl groups is 1. The fourth-order valence-electron chi connectivity index (χ4n) is 1.67. The molecule has 0 radical (unpaired) electrons. The van der Waals surface area contributed by atoms with Crippen LogP contribution in [0.5, 0.6) is 0 Å². The summed E-state index contributed by atoms with van der Waals surface area (Å²) in [6.07, 6.45) is 1.25. The SMILES string of the molecule is CCC(CC)NS(=O)(=O)c1cc(Br)cc(CO)c1F. The fourth-order valence-corrected chi connectivity index (χ4v) is 3.87. The molecular weight excluding hydrogens is 337 g/mol. The van der Waals surface area contributed by atoms with Gasteiger partial charge in [0.05, 0.1) is 6.61 Å². The normalized spacial score (nSPS) is 12.1. The van der Waals surface area contributed by atoms with Crippen LogP contribution in [0.2, 0.25) is 0 Å². The topological polar surface area (TPSA) is 66.4 Å². The third kappa shape index (κ3) is 3.98. The Morgan fingerprint density at radius 1 is 1.37 bits per heavy atom. The van der Waals surface area contributed by atoms with Crippen LogP contribution in [0.1, 0.15) is 32.3 Å². The van der Waals surface area contributed by atoms with Crippen molar-refractivity contribution < 1.29 is 17.9 Å². The molecule has 0 bridgehead atoms. The average molecular weight is 354 g/mol. The number of nitrogens with one attached hydrogen (secondary N) is 1. The highest BCUT2D eigenvalue weighted by atomic mass is 79.9. The van der Waals surface area contributed by atoms with Crippen molar-refractivity contribution in [1.82, 2.24) is 4.72 Å². The molecule has 7 heteroatoms. The van der Waals surface area contributed by atoms with Crippen LogP contribution in [0, 0.1) is 5.82 Å². The van der Waals surface area contributed by atoms with Gasteiger partial charge in [-0.3, -0.25) is 0 Å². The summed E-state index contributed by atoms with van der Waals surface area (Å²) in [7, 11) is -3.94. The third-order valence-corrected chi connectivity index (χ3v) is 4.82. The molecule has 0 atom stereocenters. The molecule has 0 aromatic heterocycles. The molecule has 0 saturated heterocycles. The Bertz CT molecular complexity index is 544. The molecule has 4 nitrogen and oxygen atoms in total. The van der Waals surface area contributed by atoms with E-state index in [1.807, 2.05) is 13.8 Å². The van der Waals surface area contributed by atoms with E-state index in [4.69, 9.17) is 5.11 Å². The van der Waals surface area contributed by atoms with Gasteiger partial charge in [0.15, 0.2) is 0 Å². The second-order valence-corrected chi connectivity index (χ2v) is 6.77. The summed E-state index contributed by atoms with van der Waals surface area (Å²) in [5, 5.41) is 9.03. The number of rotatable bonds is 6. The second-order valence-electron chi connectivity index (χ2n) is 4.17. The van der Waals surface area contributed by atoms with E-state index in [9.17, 15) is 12.8 Å². The van der Waals surface area contributed by atoms with Gasteiger partial charge in [0.25, 0.3) is 0 Å². The van der Waals surface area contributed by atoms with Crippen LogP contribution in [0.3, 0.4) is 0 Å². The van der Waals surface area contributed by atoms with E-state index in [0.717, 1.165) is 0 Å². The minimum Gasteiger partial charge on any atom is -0.392 e. The van der Waals surface area contributed by atoms with Crippen molar-refractivity contribution in [3.8, 4) is 0 Å². The highest BCUT2D eigenvalue weighted by Gasteiger charge is 2.24. The number of hydrogen-bond donors (Lipinski definition) is 2. The van der Waals surface area contributed by atoms with Crippen LogP contribution >= 0.6 is 15.9 Å². The molecule has 19 heavy (non-hydrogen) atoms. The third-order valence-electron chi connectivity index (χ3n) is 2.85. The molecule has 0 heterocycles. The molecule has 0 saturated carbocycles. The maximum Gasteiger partial charge on any atom is 0.243 e. The highest BCUT2D eigenvalue weighted by Crippen LogP contribution is 2.24. The van der Waals surface area contributed by atoms with Gasteiger partial charge in [-0.15, -0.1) is 0 Å². The van der Waals surface area contributed by atoms with Crippen molar-refractivity contribution in [1.29, 1.82) is 0 Å². The lowest BCUT2D eigenvalue weighted by Gasteiger charge is -2.16.